The molecule has 1 heterocycles. The number of carbonyl (C=O) groups excluding carboxylic acids is 2. The second-order valence-corrected chi connectivity index (χ2v) is 9.52. The van der Waals surface area contributed by atoms with Crippen molar-refractivity contribution >= 4 is 17.4 Å². The molecular formula is C31H42N2O5. The largest absolute Gasteiger partial charge is 0.507 e. The van der Waals surface area contributed by atoms with Crippen molar-refractivity contribution in [2.75, 3.05) is 39.4 Å². The van der Waals surface area contributed by atoms with E-state index >= 15 is 0 Å². The van der Waals surface area contributed by atoms with Crippen molar-refractivity contribution in [3.8, 4) is 11.5 Å². The minimum atomic E-state index is -0.674. The Morgan fingerprint density at radius 1 is 0.842 bits per heavy atom. The van der Waals surface area contributed by atoms with Crippen LogP contribution in [0.15, 0.2) is 54.1 Å². The van der Waals surface area contributed by atoms with Gasteiger partial charge in [-0.15, -0.1) is 0 Å². The van der Waals surface area contributed by atoms with Gasteiger partial charge in [0.25, 0.3) is 11.7 Å². The number of rotatable bonds is 15. The van der Waals surface area contributed by atoms with Crippen molar-refractivity contribution in [3.63, 3.8) is 0 Å². The van der Waals surface area contributed by atoms with Crippen LogP contribution < -0.4 is 9.47 Å². The first-order valence-corrected chi connectivity index (χ1v) is 13.9. The van der Waals surface area contributed by atoms with E-state index in [0.29, 0.717) is 31.1 Å². The molecular weight excluding hydrogens is 480 g/mol. The van der Waals surface area contributed by atoms with Crippen LogP contribution in [0.1, 0.15) is 70.5 Å². The van der Waals surface area contributed by atoms with Crippen molar-refractivity contribution < 1.29 is 24.2 Å². The van der Waals surface area contributed by atoms with Crippen LogP contribution in [0.3, 0.4) is 0 Å². The van der Waals surface area contributed by atoms with Gasteiger partial charge in [-0.25, -0.2) is 0 Å². The normalized spacial score (nSPS) is 16.9. The van der Waals surface area contributed by atoms with Crippen molar-refractivity contribution in [1.29, 1.82) is 0 Å². The lowest BCUT2D eigenvalue weighted by molar-refractivity contribution is -0.140. The molecule has 1 saturated heterocycles. The molecule has 206 valence electrons. The zero-order chi connectivity index (χ0) is 27.5. The van der Waals surface area contributed by atoms with Gasteiger partial charge in [-0.2, -0.15) is 0 Å². The Kier molecular flexibility index (Phi) is 11.2. The standard InChI is InChI=1S/C31H42N2O5/c1-5-9-22-38-26-17-13-24(14-18-26)29(34)27-28(23-11-15-25(16-12-23)37-21-6-2)33(31(36)30(27)35)20-10-19-32(7-3)8-4/h11-18,28,34H,5-10,19-22H2,1-4H3/b29-27+. The summed E-state index contributed by atoms with van der Waals surface area (Å²) in [5, 5.41) is 11.3. The highest BCUT2D eigenvalue weighted by atomic mass is 16.5. The third-order valence-corrected chi connectivity index (χ3v) is 6.87. The number of aliphatic hydroxyl groups is 1. The maximum Gasteiger partial charge on any atom is 0.295 e. The number of carbonyl (C=O) groups is 2. The minimum Gasteiger partial charge on any atom is -0.507 e. The van der Waals surface area contributed by atoms with E-state index in [4.69, 9.17) is 9.47 Å². The topological polar surface area (TPSA) is 79.3 Å². The van der Waals surface area contributed by atoms with Gasteiger partial charge in [0.2, 0.25) is 0 Å². The van der Waals surface area contributed by atoms with E-state index in [0.717, 1.165) is 56.6 Å². The van der Waals surface area contributed by atoms with E-state index in [-0.39, 0.29) is 11.3 Å². The molecule has 1 fully saturated rings. The monoisotopic (exact) mass is 522 g/mol. The predicted molar refractivity (Wildman–Crippen MR) is 150 cm³/mol. The van der Waals surface area contributed by atoms with Crippen LogP contribution >= 0.6 is 0 Å². The smallest absolute Gasteiger partial charge is 0.295 e. The van der Waals surface area contributed by atoms with Gasteiger partial charge >= 0.3 is 0 Å². The Morgan fingerprint density at radius 3 is 2.03 bits per heavy atom. The summed E-state index contributed by atoms with van der Waals surface area (Å²) in [4.78, 5) is 30.4. The van der Waals surface area contributed by atoms with Gasteiger partial charge in [0.15, 0.2) is 0 Å². The van der Waals surface area contributed by atoms with Crippen LogP contribution in [0.4, 0.5) is 0 Å². The lowest BCUT2D eigenvalue weighted by Gasteiger charge is -2.27. The molecule has 2 aromatic carbocycles. The summed E-state index contributed by atoms with van der Waals surface area (Å²) in [5.41, 5.74) is 1.35. The molecule has 0 saturated carbocycles. The van der Waals surface area contributed by atoms with Crippen LogP contribution in [0, 0.1) is 0 Å². The lowest BCUT2D eigenvalue weighted by Crippen LogP contribution is -2.33. The van der Waals surface area contributed by atoms with E-state index in [1.54, 1.807) is 29.2 Å². The number of benzene rings is 2. The van der Waals surface area contributed by atoms with E-state index in [1.807, 2.05) is 31.2 Å². The fourth-order valence-corrected chi connectivity index (χ4v) is 4.63. The van der Waals surface area contributed by atoms with Gasteiger partial charge in [0.05, 0.1) is 24.8 Å². The number of unbranched alkanes of at least 4 members (excludes halogenated alkanes) is 1. The number of hydrogen-bond donors (Lipinski definition) is 1. The van der Waals surface area contributed by atoms with Gasteiger partial charge in [-0.1, -0.05) is 46.2 Å². The summed E-state index contributed by atoms with van der Waals surface area (Å²) >= 11 is 0. The van der Waals surface area contributed by atoms with Gasteiger partial charge in [-0.05, 0) is 80.9 Å². The highest BCUT2D eigenvalue weighted by molar-refractivity contribution is 6.46. The highest BCUT2D eigenvalue weighted by Crippen LogP contribution is 2.40. The fraction of sp³-hybridized carbons (Fsp3) is 0.484. The van der Waals surface area contributed by atoms with Crippen molar-refractivity contribution in [2.45, 2.75) is 59.4 Å². The first-order chi connectivity index (χ1) is 18.4. The molecule has 2 aromatic rings. The molecule has 0 aromatic heterocycles. The van der Waals surface area contributed by atoms with Gasteiger partial charge < -0.3 is 24.4 Å². The quantitative estimate of drug-likeness (QED) is 0.138. The summed E-state index contributed by atoms with van der Waals surface area (Å²) < 4.78 is 11.5. The summed E-state index contributed by atoms with van der Waals surface area (Å²) in [6, 6.07) is 13.8. The van der Waals surface area contributed by atoms with Crippen LogP contribution in [0.2, 0.25) is 0 Å². The number of ketones is 1. The number of likely N-dealkylation sites (tertiary alicyclic amines) is 1. The lowest BCUT2D eigenvalue weighted by atomic mass is 9.95. The number of nitrogens with zero attached hydrogens (tertiary/aromatic N) is 2. The Hall–Kier alpha value is -3.32. The Morgan fingerprint density at radius 2 is 1.45 bits per heavy atom. The first-order valence-electron chi connectivity index (χ1n) is 13.9. The van der Waals surface area contributed by atoms with Gasteiger partial charge in [0, 0.05) is 12.1 Å². The number of Topliss-reactive ketones (excluding diaryl/α,β-unsaturated/α-hetero) is 1. The molecule has 0 radical (unpaired) electrons. The van der Waals surface area contributed by atoms with Gasteiger partial charge in [-0.3, -0.25) is 9.59 Å². The van der Waals surface area contributed by atoms with Gasteiger partial charge in [0.1, 0.15) is 17.3 Å². The van der Waals surface area contributed by atoms with Crippen LogP contribution in [-0.2, 0) is 9.59 Å². The summed E-state index contributed by atoms with van der Waals surface area (Å²) in [5.74, 6) is 0.0108. The average Bonchev–Trinajstić information content (AvgIpc) is 3.19. The van der Waals surface area contributed by atoms with Crippen molar-refractivity contribution in [2.24, 2.45) is 0 Å². The maximum absolute atomic E-state index is 13.3. The highest BCUT2D eigenvalue weighted by Gasteiger charge is 2.45. The molecule has 1 aliphatic rings. The zero-order valence-corrected chi connectivity index (χ0v) is 23.2. The van der Waals surface area contributed by atoms with E-state index in [1.165, 1.54) is 0 Å². The van der Waals surface area contributed by atoms with Crippen molar-refractivity contribution in [3.05, 3.63) is 65.2 Å². The molecule has 1 amide bonds. The molecule has 1 atom stereocenters. The van der Waals surface area contributed by atoms with Crippen LogP contribution in [0.5, 0.6) is 11.5 Å². The zero-order valence-electron chi connectivity index (χ0n) is 23.2. The fourth-order valence-electron chi connectivity index (χ4n) is 4.63. The number of ether oxygens (including phenoxy) is 2. The minimum absolute atomic E-state index is 0.111. The third-order valence-electron chi connectivity index (χ3n) is 6.87. The van der Waals surface area contributed by atoms with Crippen LogP contribution in [0.25, 0.3) is 5.76 Å². The second kappa shape index (κ2) is 14.6. The molecule has 3 rings (SSSR count). The molecule has 1 N–H and O–H groups in total. The molecule has 0 spiro atoms. The molecule has 1 aliphatic heterocycles. The molecule has 0 bridgehead atoms. The molecule has 38 heavy (non-hydrogen) atoms. The SMILES string of the molecule is CCCCOc1ccc(/C(O)=C2\C(=O)C(=O)N(CCCN(CC)CC)C2c2ccc(OCCC)cc2)cc1. The average molecular weight is 523 g/mol. The second-order valence-electron chi connectivity index (χ2n) is 9.52. The van der Waals surface area contributed by atoms with Crippen LogP contribution in [-0.4, -0.2) is 66.0 Å². The maximum atomic E-state index is 13.3. The summed E-state index contributed by atoms with van der Waals surface area (Å²) in [6.45, 7) is 12.7. The van der Waals surface area contributed by atoms with Crippen molar-refractivity contribution in [1.82, 2.24) is 9.80 Å². The summed E-state index contributed by atoms with van der Waals surface area (Å²) in [7, 11) is 0. The first kappa shape index (κ1) is 29.2. The third kappa shape index (κ3) is 7.16. The van der Waals surface area contributed by atoms with E-state index < -0.39 is 17.7 Å². The number of aliphatic hydroxyl groups excluding tert-OH is 1. The molecule has 0 aliphatic carbocycles. The molecule has 7 nitrogen and oxygen atoms in total. The Bertz CT molecular complexity index is 1070. The predicted octanol–water partition coefficient (Wildman–Crippen LogP) is 5.81. The Labute approximate surface area is 227 Å². The number of hydrogen-bond acceptors (Lipinski definition) is 6. The molecule has 1 unspecified atom stereocenters. The summed E-state index contributed by atoms with van der Waals surface area (Å²) in [6.07, 6.45) is 3.63. The Balaban J connectivity index is 1.95. The van der Waals surface area contributed by atoms with E-state index in [2.05, 4.69) is 25.7 Å². The molecule has 7 heteroatoms. The van der Waals surface area contributed by atoms with E-state index in [9.17, 15) is 14.7 Å². The number of amides is 1.